The minimum absolute atomic E-state index is 0.0539. The minimum Gasteiger partial charge on any atom is -0.457 e. The fourth-order valence-corrected chi connectivity index (χ4v) is 4.29. The molecule has 2 heterocycles. The van der Waals surface area contributed by atoms with E-state index < -0.39 is 11.5 Å². The molecule has 1 aromatic heterocycles. The van der Waals surface area contributed by atoms with E-state index in [0.29, 0.717) is 18.0 Å². The van der Waals surface area contributed by atoms with Gasteiger partial charge in [0.25, 0.3) is 5.91 Å². The van der Waals surface area contributed by atoms with Gasteiger partial charge in [0.05, 0.1) is 5.69 Å². The lowest BCUT2D eigenvalue weighted by Crippen LogP contribution is -2.40. The molecule has 1 unspecified atom stereocenters. The Morgan fingerprint density at radius 2 is 1.86 bits per heavy atom. The monoisotopic (exact) mass is 502 g/mol. The standard InChI is InChI=1S/C29H34N4O4/c1-19-8-13-26(21(16-19)17-33-15-14-22(18-33)31-28(35)37-29(2,3)4)36-23-11-9-20(10-12-23)24-6-5-7-25(32-24)27(30)34/h5-13,16,22H,14-15,17-18H2,1-4H3,(H2,30,34)(H,31,35). The highest BCUT2D eigenvalue weighted by Gasteiger charge is 2.26. The summed E-state index contributed by atoms with van der Waals surface area (Å²) in [6, 6.07) is 19.0. The van der Waals surface area contributed by atoms with Gasteiger partial charge in [-0.2, -0.15) is 0 Å². The Kier molecular flexibility index (Phi) is 7.78. The Labute approximate surface area is 217 Å². The fraction of sp³-hybridized carbons (Fsp3) is 0.345. The number of benzene rings is 2. The predicted molar refractivity (Wildman–Crippen MR) is 142 cm³/mol. The van der Waals surface area contributed by atoms with Crippen LogP contribution in [0.15, 0.2) is 60.7 Å². The van der Waals surface area contributed by atoms with Gasteiger partial charge in [-0.05, 0) is 76.6 Å². The molecule has 37 heavy (non-hydrogen) atoms. The Hall–Kier alpha value is -3.91. The van der Waals surface area contributed by atoms with Crippen molar-refractivity contribution < 1.29 is 19.1 Å². The number of ether oxygens (including phenoxy) is 2. The van der Waals surface area contributed by atoms with Crippen LogP contribution >= 0.6 is 0 Å². The van der Waals surface area contributed by atoms with E-state index >= 15 is 0 Å². The summed E-state index contributed by atoms with van der Waals surface area (Å²) >= 11 is 0. The number of nitrogens with zero attached hydrogens (tertiary/aromatic N) is 2. The molecule has 0 aliphatic carbocycles. The third kappa shape index (κ3) is 7.30. The smallest absolute Gasteiger partial charge is 0.407 e. The largest absolute Gasteiger partial charge is 0.457 e. The summed E-state index contributed by atoms with van der Waals surface area (Å²) < 4.78 is 11.7. The first kappa shape index (κ1) is 26.2. The van der Waals surface area contributed by atoms with Crippen LogP contribution in [0.5, 0.6) is 11.5 Å². The normalized spacial score (nSPS) is 15.8. The van der Waals surface area contributed by atoms with Crippen LogP contribution in [0.4, 0.5) is 4.79 Å². The molecule has 8 heteroatoms. The lowest BCUT2D eigenvalue weighted by atomic mass is 10.1. The van der Waals surface area contributed by atoms with Gasteiger partial charge in [0.2, 0.25) is 0 Å². The van der Waals surface area contributed by atoms with Crippen LogP contribution < -0.4 is 15.8 Å². The number of alkyl carbamates (subject to hydrolysis) is 1. The second kappa shape index (κ2) is 11.0. The van der Waals surface area contributed by atoms with Gasteiger partial charge >= 0.3 is 6.09 Å². The summed E-state index contributed by atoms with van der Waals surface area (Å²) in [5.41, 5.74) is 8.83. The molecule has 194 valence electrons. The number of nitrogens with two attached hydrogens (primary N) is 1. The van der Waals surface area contributed by atoms with Crippen molar-refractivity contribution in [1.29, 1.82) is 0 Å². The Morgan fingerprint density at radius 1 is 1.11 bits per heavy atom. The van der Waals surface area contributed by atoms with Crippen molar-refractivity contribution in [3.8, 4) is 22.8 Å². The number of nitrogens with one attached hydrogen (secondary N) is 1. The molecule has 0 spiro atoms. The van der Waals surface area contributed by atoms with Crippen LogP contribution in [0.25, 0.3) is 11.3 Å². The number of primary amides is 1. The number of aromatic nitrogens is 1. The predicted octanol–water partition coefficient (Wildman–Crippen LogP) is 5.05. The molecule has 3 N–H and O–H groups in total. The van der Waals surface area contributed by atoms with Crippen molar-refractivity contribution in [3.63, 3.8) is 0 Å². The first-order valence-corrected chi connectivity index (χ1v) is 12.4. The van der Waals surface area contributed by atoms with Gasteiger partial charge in [0.15, 0.2) is 0 Å². The summed E-state index contributed by atoms with van der Waals surface area (Å²) in [5.74, 6) is 0.931. The van der Waals surface area contributed by atoms with Gasteiger partial charge in [-0.15, -0.1) is 0 Å². The van der Waals surface area contributed by atoms with Crippen LogP contribution in [-0.2, 0) is 11.3 Å². The zero-order valence-corrected chi connectivity index (χ0v) is 21.8. The molecule has 8 nitrogen and oxygen atoms in total. The SMILES string of the molecule is Cc1ccc(Oc2ccc(-c3cccc(C(N)=O)n3)cc2)c(CN2CCC(NC(=O)OC(C)(C)C)C2)c1. The Bertz CT molecular complexity index is 1270. The first-order valence-electron chi connectivity index (χ1n) is 12.4. The van der Waals surface area contributed by atoms with E-state index in [2.05, 4.69) is 28.2 Å². The van der Waals surface area contributed by atoms with Crippen LogP contribution in [0.1, 0.15) is 48.8 Å². The summed E-state index contributed by atoms with van der Waals surface area (Å²) in [6.45, 7) is 9.98. The molecule has 3 aromatic rings. The van der Waals surface area contributed by atoms with Crippen molar-refractivity contribution in [3.05, 3.63) is 77.5 Å². The molecule has 0 saturated carbocycles. The third-order valence-electron chi connectivity index (χ3n) is 5.98. The average molecular weight is 503 g/mol. The van der Waals surface area contributed by atoms with Crippen molar-refractivity contribution >= 4 is 12.0 Å². The number of aryl methyl sites for hydroxylation is 1. The van der Waals surface area contributed by atoms with Gasteiger partial charge in [0, 0.05) is 36.8 Å². The second-order valence-corrected chi connectivity index (χ2v) is 10.4. The van der Waals surface area contributed by atoms with E-state index in [1.165, 1.54) is 0 Å². The topological polar surface area (TPSA) is 107 Å². The van der Waals surface area contributed by atoms with Gasteiger partial charge in [0.1, 0.15) is 22.8 Å². The zero-order chi connectivity index (χ0) is 26.6. The highest BCUT2D eigenvalue weighted by molar-refractivity contribution is 5.91. The van der Waals surface area contributed by atoms with E-state index in [1.807, 2.05) is 63.2 Å². The van der Waals surface area contributed by atoms with Crippen LogP contribution in [-0.4, -0.2) is 46.6 Å². The van der Waals surface area contributed by atoms with E-state index in [-0.39, 0.29) is 17.8 Å². The number of pyridine rings is 1. The average Bonchev–Trinajstić information content (AvgIpc) is 3.26. The maximum absolute atomic E-state index is 12.1. The van der Waals surface area contributed by atoms with Gasteiger partial charge < -0.3 is 20.5 Å². The van der Waals surface area contributed by atoms with E-state index in [4.69, 9.17) is 15.2 Å². The molecule has 1 aliphatic rings. The lowest BCUT2D eigenvalue weighted by molar-refractivity contribution is 0.0505. The molecular formula is C29H34N4O4. The number of carbonyl (C=O) groups excluding carboxylic acids is 2. The summed E-state index contributed by atoms with van der Waals surface area (Å²) in [6.07, 6.45) is 0.493. The van der Waals surface area contributed by atoms with Gasteiger partial charge in [-0.25, -0.2) is 9.78 Å². The molecule has 0 bridgehead atoms. The molecule has 1 fully saturated rings. The van der Waals surface area contributed by atoms with Crippen molar-refractivity contribution in [2.75, 3.05) is 13.1 Å². The number of likely N-dealkylation sites (tertiary alicyclic amines) is 1. The zero-order valence-electron chi connectivity index (χ0n) is 21.8. The van der Waals surface area contributed by atoms with Crippen molar-refractivity contribution in [2.24, 2.45) is 5.73 Å². The molecule has 2 amide bonds. The molecular weight excluding hydrogens is 468 g/mol. The highest BCUT2D eigenvalue weighted by atomic mass is 16.6. The van der Waals surface area contributed by atoms with Gasteiger partial charge in [-0.1, -0.05) is 23.8 Å². The van der Waals surface area contributed by atoms with Gasteiger partial charge in [-0.3, -0.25) is 9.69 Å². The third-order valence-corrected chi connectivity index (χ3v) is 5.98. The summed E-state index contributed by atoms with van der Waals surface area (Å²) in [7, 11) is 0. The molecule has 1 saturated heterocycles. The van der Waals surface area contributed by atoms with Crippen molar-refractivity contribution in [1.82, 2.24) is 15.2 Å². The number of amides is 2. The van der Waals surface area contributed by atoms with Crippen LogP contribution in [0.2, 0.25) is 0 Å². The lowest BCUT2D eigenvalue weighted by Gasteiger charge is -2.22. The Morgan fingerprint density at radius 3 is 2.57 bits per heavy atom. The summed E-state index contributed by atoms with van der Waals surface area (Å²) in [5, 5.41) is 2.98. The maximum atomic E-state index is 12.1. The van der Waals surface area contributed by atoms with Crippen molar-refractivity contribution in [2.45, 2.75) is 52.3 Å². The molecule has 1 aliphatic heterocycles. The molecule has 1 atom stereocenters. The van der Waals surface area contributed by atoms with Crippen LogP contribution in [0, 0.1) is 6.92 Å². The minimum atomic E-state index is -0.557. The first-order chi connectivity index (χ1) is 17.6. The quantitative estimate of drug-likeness (QED) is 0.468. The molecule has 2 aromatic carbocycles. The fourth-order valence-electron chi connectivity index (χ4n) is 4.29. The molecule has 4 rings (SSSR count). The Balaban J connectivity index is 1.41. The number of hydrogen-bond donors (Lipinski definition) is 2. The number of carbonyl (C=O) groups is 2. The van der Waals surface area contributed by atoms with E-state index in [0.717, 1.165) is 42.0 Å². The van der Waals surface area contributed by atoms with E-state index in [1.54, 1.807) is 12.1 Å². The van der Waals surface area contributed by atoms with E-state index in [9.17, 15) is 9.59 Å². The second-order valence-electron chi connectivity index (χ2n) is 10.4. The van der Waals surface area contributed by atoms with Crippen LogP contribution in [0.3, 0.4) is 0 Å². The number of hydrogen-bond acceptors (Lipinski definition) is 6. The number of rotatable bonds is 7. The highest BCUT2D eigenvalue weighted by Crippen LogP contribution is 2.30. The summed E-state index contributed by atoms with van der Waals surface area (Å²) in [4.78, 5) is 30.2. The maximum Gasteiger partial charge on any atom is 0.407 e. The molecule has 0 radical (unpaired) electrons.